The van der Waals surface area contributed by atoms with Gasteiger partial charge in [0.15, 0.2) is 0 Å². The van der Waals surface area contributed by atoms with Gasteiger partial charge in [-0.3, -0.25) is 4.57 Å². The van der Waals surface area contributed by atoms with E-state index in [0.29, 0.717) is 0 Å². The molecule has 5 heteroatoms. The molecule has 0 radical (unpaired) electrons. The highest BCUT2D eigenvalue weighted by Gasteiger charge is 2.13. The fourth-order valence-electron chi connectivity index (χ4n) is 2.15. The summed E-state index contributed by atoms with van der Waals surface area (Å²) in [6, 6.07) is 0. The van der Waals surface area contributed by atoms with E-state index < -0.39 is 0 Å². The van der Waals surface area contributed by atoms with E-state index in [2.05, 4.69) is 33.7 Å². The number of rotatable bonds is 5. The third-order valence-electron chi connectivity index (χ3n) is 3.14. The highest BCUT2D eigenvalue weighted by molar-refractivity contribution is 5.51. The first kappa shape index (κ1) is 13.5. The van der Waals surface area contributed by atoms with Gasteiger partial charge in [-0.05, 0) is 13.3 Å². The maximum atomic E-state index is 4.69. The van der Waals surface area contributed by atoms with Crippen LogP contribution >= 0.6 is 0 Å². The Morgan fingerprint density at radius 1 is 1.26 bits per heavy atom. The van der Waals surface area contributed by atoms with E-state index in [1.165, 1.54) is 0 Å². The van der Waals surface area contributed by atoms with E-state index >= 15 is 0 Å². The Kier molecular flexibility index (Phi) is 4.14. The minimum atomic E-state index is 0.878. The Hall–Kier alpha value is -1.91. The van der Waals surface area contributed by atoms with Crippen molar-refractivity contribution >= 4 is 5.82 Å². The Balaban J connectivity index is 2.58. The van der Waals surface area contributed by atoms with E-state index in [1.54, 1.807) is 0 Å². The second kappa shape index (κ2) is 5.82. The number of hydrogen-bond acceptors (Lipinski definition) is 4. The predicted molar refractivity (Wildman–Crippen MR) is 76.8 cm³/mol. The number of hydrogen-bond donors (Lipinski definition) is 1. The molecule has 5 nitrogen and oxygen atoms in total. The topological polar surface area (TPSA) is 55.6 Å². The molecule has 0 spiro atoms. The van der Waals surface area contributed by atoms with Gasteiger partial charge >= 0.3 is 0 Å². The number of imidazole rings is 1. The average molecular weight is 259 g/mol. The maximum Gasteiger partial charge on any atom is 0.146 e. The van der Waals surface area contributed by atoms with Crippen molar-refractivity contribution in [3.8, 4) is 5.82 Å². The quantitative estimate of drug-likeness (QED) is 0.896. The van der Waals surface area contributed by atoms with Gasteiger partial charge in [-0.25, -0.2) is 15.0 Å². The summed E-state index contributed by atoms with van der Waals surface area (Å²) in [6.45, 7) is 6.27. The first-order valence-electron chi connectivity index (χ1n) is 6.79. The summed E-state index contributed by atoms with van der Waals surface area (Å²) in [5, 5.41) is 3.15. The van der Waals surface area contributed by atoms with E-state index in [9.17, 15) is 0 Å². The van der Waals surface area contributed by atoms with Gasteiger partial charge in [-0.2, -0.15) is 0 Å². The Morgan fingerprint density at radius 3 is 2.68 bits per heavy atom. The predicted octanol–water partition coefficient (Wildman–Crippen LogP) is 2.53. The highest BCUT2D eigenvalue weighted by atomic mass is 15.2. The summed E-state index contributed by atoms with van der Waals surface area (Å²) in [7, 11) is 1.89. The molecule has 2 rings (SSSR count). The lowest BCUT2D eigenvalue weighted by atomic mass is 10.2. The van der Waals surface area contributed by atoms with Crippen molar-refractivity contribution < 1.29 is 0 Å². The molecule has 0 saturated heterocycles. The van der Waals surface area contributed by atoms with Crippen LogP contribution in [0.4, 0.5) is 5.82 Å². The van der Waals surface area contributed by atoms with Crippen molar-refractivity contribution in [2.24, 2.45) is 0 Å². The molecule has 0 aromatic carbocycles. The van der Waals surface area contributed by atoms with Crippen LogP contribution < -0.4 is 5.32 Å². The van der Waals surface area contributed by atoms with Crippen LogP contribution in [0.1, 0.15) is 37.5 Å². The van der Waals surface area contributed by atoms with Crippen molar-refractivity contribution in [1.29, 1.82) is 0 Å². The third kappa shape index (κ3) is 2.59. The molecule has 102 valence electrons. The number of nitrogens with zero attached hydrogens (tertiary/aromatic N) is 4. The van der Waals surface area contributed by atoms with Gasteiger partial charge < -0.3 is 5.32 Å². The molecule has 0 bridgehead atoms. The number of nitrogens with one attached hydrogen (secondary N) is 1. The van der Waals surface area contributed by atoms with Gasteiger partial charge in [-0.15, -0.1) is 0 Å². The van der Waals surface area contributed by atoms with Crippen molar-refractivity contribution in [2.45, 2.75) is 40.0 Å². The van der Waals surface area contributed by atoms with Crippen molar-refractivity contribution in [3.05, 3.63) is 29.6 Å². The van der Waals surface area contributed by atoms with Crippen molar-refractivity contribution in [2.75, 3.05) is 12.4 Å². The maximum absolute atomic E-state index is 4.69. The molecule has 0 amide bonds. The van der Waals surface area contributed by atoms with Crippen molar-refractivity contribution in [1.82, 2.24) is 19.5 Å². The van der Waals surface area contributed by atoms with Gasteiger partial charge in [0.25, 0.3) is 0 Å². The summed E-state index contributed by atoms with van der Waals surface area (Å²) in [5.74, 6) is 3.72. The zero-order chi connectivity index (χ0) is 13.8. The largest absolute Gasteiger partial charge is 0.373 e. The second-order valence-corrected chi connectivity index (χ2v) is 4.50. The molecule has 0 unspecified atom stereocenters. The van der Waals surface area contributed by atoms with Crippen LogP contribution in [-0.4, -0.2) is 26.6 Å². The number of aryl methyl sites for hydroxylation is 2. The van der Waals surface area contributed by atoms with E-state index in [4.69, 9.17) is 4.98 Å². The first-order chi connectivity index (χ1) is 9.21. The standard InChI is InChI=1S/C14H21N5/c1-5-7-11-17-13(15-4)10(3)14(18-11)19-9-8-16-12(19)6-2/h8-9H,5-7H2,1-4H3,(H,15,17,18). The van der Waals surface area contributed by atoms with Crippen LogP contribution in [0.15, 0.2) is 12.4 Å². The van der Waals surface area contributed by atoms with Gasteiger partial charge in [0.2, 0.25) is 0 Å². The Morgan fingerprint density at radius 2 is 2.05 bits per heavy atom. The van der Waals surface area contributed by atoms with E-state index in [0.717, 1.165) is 48.1 Å². The molecule has 0 fully saturated rings. The first-order valence-corrected chi connectivity index (χ1v) is 6.79. The fraction of sp³-hybridized carbons (Fsp3) is 0.500. The lowest BCUT2D eigenvalue weighted by Crippen LogP contribution is -2.11. The minimum Gasteiger partial charge on any atom is -0.373 e. The summed E-state index contributed by atoms with van der Waals surface area (Å²) in [4.78, 5) is 13.6. The SMILES string of the molecule is CCCc1nc(NC)c(C)c(-n2ccnc2CC)n1. The molecule has 1 N–H and O–H groups in total. The minimum absolute atomic E-state index is 0.878. The Labute approximate surface area is 114 Å². The smallest absolute Gasteiger partial charge is 0.146 e. The molecule has 0 atom stereocenters. The second-order valence-electron chi connectivity index (χ2n) is 4.50. The van der Waals surface area contributed by atoms with Gasteiger partial charge in [0, 0.05) is 37.8 Å². The van der Waals surface area contributed by atoms with Crippen LogP contribution in [-0.2, 0) is 12.8 Å². The fourth-order valence-corrected chi connectivity index (χ4v) is 2.15. The van der Waals surface area contributed by atoms with Crippen molar-refractivity contribution in [3.63, 3.8) is 0 Å². The van der Waals surface area contributed by atoms with E-state index in [-0.39, 0.29) is 0 Å². The van der Waals surface area contributed by atoms with Crippen LogP contribution in [0.3, 0.4) is 0 Å². The molecule has 0 saturated carbocycles. The van der Waals surface area contributed by atoms with Crippen LogP contribution in [0.5, 0.6) is 0 Å². The molecule has 2 heterocycles. The monoisotopic (exact) mass is 259 g/mol. The lowest BCUT2D eigenvalue weighted by Gasteiger charge is -2.14. The highest BCUT2D eigenvalue weighted by Crippen LogP contribution is 2.20. The summed E-state index contributed by atoms with van der Waals surface area (Å²) >= 11 is 0. The average Bonchev–Trinajstić information content (AvgIpc) is 2.89. The number of aromatic nitrogens is 4. The summed E-state index contributed by atoms with van der Waals surface area (Å²) in [5.41, 5.74) is 1.05. The molecule has 0 aliphatic rings. The Bertz CT molecular complexity index is 559. The van der Waals surface area contributed by atoms with Crippen LogP contribution in [0.2, 0.25) is 0 Å². The zero-order valence-electron chi connectivity index (χ0n) is 12.1. The van der Waals surface area contributed by atoms with Gasteiger partial charge in [0.05, 0.1) is 0 Å². The van der Waals surface area contributed by atoms with Gasteiger partial charge in [-0.1, -0.05) is 13.8 Å². The molecule has 19 heavy (non-hydrogen) atoms. The normalized spacial score (nSPS) is 10.7. The van der Waals surface area contributed by atoms with Crippen LogP contribution in [0, 0.1) is 6.92 Å². The molecule has 0 aliphatic carbocycles. The zero-order valence-corrected chi connectivity index (χ0v) is 12.1. The molecule has 2 aromatic rings. The summed E-state index contributed by atoms with van der Waals surface area (Å²) < 4.78 is 2.05. The van der Waals surface area contributed by atoms with E-state index in [1.807, 2.05) is 26.4 Å². The van der Waals surface area contributed by atoms with Crippen LogP contribution in [0.25, 0.3) is 5.82 Å². The molecule has 0 aliphatic heterocycles. The molecule has 2 aromatic heterocycles. The molecular weight excluding hydrogens is 238 g/mol. The third-order valence-corrected chi connectivity index (χ3v) is 3.14. The number of anilines is 1. The lowest BCUT2D eigenvalue weighted by molar-refractivity contribution is 0.794. The van der Waals surface area contributed by atoms with Gasteiger partial charge in [0.1, 0.15) is 23.3 Å². The summed E-state index contributed by atoms with van der Waals surface area (Å²) in [6.07, 6.45) is 6.59. The molecular formula is C14H21N5.